The fourth-order valence-electron chi connectivity index (χ4n) is 3.93. The lowest BCUT2D eigenvalue weighted by molar-refractivity contribution is -0.133. The molecule has 2 aliphatic rings. The summed E-state index contributed by atoms with van der Waals surface area (Å²) in [6.45, 7) is 6.21. The lowest BCUT2D eigenvalue weighted by atomic mass is 9.98. The Balaban J connectivity index is 1.38. The number of pyridine rings is 1. The number of amides is 1. The van der Waals surface area contributed by atoms with Crippen molar-refractivity contribution in [3.63, 3.8) is 0 Å². The summed E-state index contributed by atoms with van der Waals surface area (Å²) < 4.78 is 6.06. The smallest absolute Gasteiger partial charge is 0.222 e. The second-order valence-electron chi connectivity index (χ2n) is 7.25. The van der Waals surface area contributed by atoms with Crippen molar-refractivity contribution in [2.45, 2.75) is 64.0 Å². The molecule has 3 heterocycles. The molecule has 0 spiro atoms. The second-order valence-corrected chi connectivity index (χ2v) is 7.25. The summed E-state index contributed by atoms with van der Waals surface area (Å²) in [5, 5.41) is 0. The van der Waals surface area contributed by atoms with Crippen molar-refractivity contribution in [1.82, 2.24) is 14.8 Å². The number of carbonyl (C=O) groups excluding carboxylic acids is 1. The first-order valence-electron chi connectivity index (χ1n) is 9.84. The molecule has 2 saturated heterocycles. The number of carbonyl (C=O) groups is 1. The molecule has 0 saturated carbocycles. The summed E-state index contributed by atoms with van der Waals surface area (Å²) in [6, 6.07) is 4.49. The molecule has 1 aromatic heterocycles. The number of likely N-dealkylation sites (tertiary alicyclic amines) is 2. The van der Waals surface area contributed by atoms with Crippen molar-refractivity contribution in [3.05, 3.63) is 24.5 Å². The minimum atomic E-state index is 0.314. The number of nitrogens with zero attached hydrogens (tertiary/aromatic N) is 3. The van der Waals surface area contributed by atoms with E-state index < -0.39 is 0 Å². The lowest BCUT2D eigenvalue weighted by Crippen LogP contribution is -2.50. The van der Waals surface area contributed by atoms with Crippen LogP contribution in [0.25, 0.3) is 0 Å². The molecule has 0 radical (unpaired) electrons. The zero-order chi connectivity index (χ0) is 17.5. The van der Waals surface area contributed by atoms with Gasteiger partial charge in [0.2, 0.25) is 5.91 Å². The first kappa shape index (κ1) is 18.2. The predicted molar refractivity (Wildman–Crippen MR) is 98.6 cm³/mol. The molecule has 1 amide bonds. The quantitative estimate of drug-likeness (QED) is 0.795. The fourth-order valence-corrected chi connectivity index (χ4v) is 3.93. The van der Waals surface area contributed by atoms with Gasteiger partial charge in [-0.2, -0.15) is 0 Å². The number of unbranched alkanes of at least 4 members (excludes halogenated alkanes) is 1. The van der Waals surface area contributed by atoms with Crippen molar-refractivity contribution in [3.8, 4) is 5.75 Å². The Morgan fingerprint density at radius 1 is 1.12 bits per heavy atom. The SMILES string of the molecule is CCCCC(=O)N1CCC(N2CCC(Oc3ccncc3)CC2)CC1. The lowest BCUT2D eigenvalue weighted by Gasteiger charge is -2.41. The van der Waals surface area contributed by atoms with Gasteiger partial charge in [0.05, 0.1) is 0 Å². The predicted octanol–water partition coefficient (Wildman–Crippen LogP) is 3.11. The highest BCUT2D eigenvalue weighted by molar-refractivity contribution is 5.76. The minimum Gasteiger partial charge on any atom is -0.490 e. The highest BCUT2D eigenvalue weighted by Gasteiger charge is 2.29. The second kappa shape index (κ2) is 9.18. The van der Waals surface area contributed by atoms with Gasteiger partial charge >= 0.3 is 0 Å². The van der Waals surface area contributed by atoms with E-state index in [1.54, 1.807) is 12.4 Å². The Bertz CT molecular complexity index is 521. The van der Waals surface area contributed by atoms with E-state index in [1.165, 1.54) is 0 Å². The molecule has 0 unspecified atom stereocenters. The summed E-state index contributed by atoms with van der Waals surface area (Å²) >= 11 is 0. The van der Waals surface area contributed by atoms with Gasteiger partial charge in [-0.1, -0.05) is 13.3 Å². The van der Waals surface area contributed by atoms with Crippen LogP contribution in [0.1, 0.15) is 51.9 Å². The van der Waals surface area contributed by atoms with Crippen LogP contribution >= 0.6 is 0 Å². The van der Waals surface area contributed by atoms with Gasteiger partial charge in [0.25, 0.3) is 0 Å². The van der Waals surface area contributed by atoms with Crippen LogP contribution in [0.5, 0.6) is 5.75 Å². The van der Waals surface area contributed by atoms with Gasteiger partial charge in [-0.25, -0.2) is 0 Å². The van der Waals surface area contributed by atoms with Crippen molar-refractivity contribution in [2.75, 3.05) is 26.2 Å². The number of rotatable bonds is 6. The van der Waals surface area contributed by atoms with Gasteiger partial charge in [0, 0.05) is 51.0 Å². The van der Waals surface area contributed by atoms with E-state index in [-0.39, 0.29) is 0 Å². The van der Waals surface area contributed by atoms with Crippen LogP contribution in [0.3, 0.4) is 0 Å². The van der Waals surface area contributed by atoms with E-state index in [9.17, 15) is 4.79 Å². The standard InChI is InChI=1S/C20H31N3O2/c1-2-3-4-20(24)23-13-7-17(8-14-23)22-15-9-19(10-16-22)25-18-5-11-21-12-6-18/h5-6,11-12,17,19H,2-4,7-10,13-16H2,1H3. The molecule has 2 aliphatic heterocycles. The van der Waals surface area contributed by atoms with Gasteiger partial charge in [0.1, 0.15) is 11.9 Å². The van der Waals surface area contributed by atoms with E-state index >= 15 is 0 Å². The van der Waals surface area contributed by atoms with E-state index in [0.29, 0.717) is 18.1 Å². The zero-order valence-corrected chi connectivity index (χ0v) is 15.4. The number of piperidine rings is 2. The molecule has 5 nitrogen and oxygen atoms in total. The Labute approximate surface area is 151 Å². The van der Waals surface area contributed by atoms with Gasteiger partial charge in [0.15, 0.2) is 0 Å². The maximum absolute atomic E-state index is 12.1. The molecular formula is C20H31N3O2. The van der Waals surface area contributed by atoms with Gasteiger partial charge in [-0.15, -0.1) is 0 Å². The Kier molecular flexibility index (Phi) is 6.68. The molecule has 3 rings (SSSR count). The molecule has 0 atom stereocenters. The van der Waals surface area contributed by atoms with Crippen molar-refractivity contribution in [2.24, 2.45) is 0 Å². The van der Waals surface area contributed by atoms with Crippen molar-refractivity contribution >= 4 is 5.91 Å². The summed E-state index contributed by atoms with van der Waals surface area (Å²) in [5.41, 5.74) is 0. The molecule has 0 aliphatic carbocycles. The molecule has 1 aromatic rings. The van der Waals surface area contributed by atoms with Crippen molar-refractivity contribution < 1.29 is 9.53 Å². The number of ether oxygens (including phenoxy) is 1. The minimum absolute atomic E-state index is 0.314. The van der Waals surface area contributed by atoms with Crippen LogP contribution in [0, 0.1) is 0 Å². The van der Waals surface area contributed by atoms with Gasteiger partial charge < -0.3 is 9.64 Å². The number of hydrogen-bond donors (Lipinski definition) is 0. The molecule has 2 fully saturated rings. The largest absolute Gasteiger partial charge is 0.490 e. The maximum atomic E-state index is 12.1. The Morgan fingerprint density at radius 3 is 2.44 bits per heavy atom. The van der Waals surface area contributed by atoms with E-state index in [1.807, 2.05) is 12.1 Å². The summed E-state index contributed by atoms with van der Waals surface area (Å²) in [5.74, 6) is 1.28. The summed E-state index contributed by atoms with van der Waals surface area (Å²) in [7, 11) is 0. The number of aromatic nitrogens is 1. The highest BCUT2D eigenvalue weighted by Crippen LogP contribution is 2.24. The van der Waals surface area contributed by atoms with E-state index in [0.717, 1.165) is 76.9 Å². The van der Waals surface area contributed by atoms with E-state index in [2.05, 4.69) is 21.7 Å². The average Bonchev–Trinajstić information content (AvgIpc) is 2.68. The van der Waals surface area contributed by atoms with Crippen LogP contribution in [0.2, 0.25) is 0 Å². The third-order valence-corrected chi connectivity index (χ3v) is 5.51. The first-order chi connectivity index (χ1) is 12.3. The van der Waals surface area contributed by atoms with Crippen LogP contribution in [0.15, 0.2) is 24.5 Å². The van der Waals surface area contributed by atoms with Crippen LogP contribution in [-0.4, -0.2) is 59.0 Å². The third kappa shape index (κ3) is 5.18. The summed E-state index contributed by atoms with van der Waals surface area (Å²) in [4.78, 5) is 20.9. The third-order valence-electron chi connectivity index (χ3n) is 5.51. The van der Waals surface area contributed by atoms with Gasteiger partial charge in [-0.05, 0) is 44.2 Å². The molecule has 138 valence electrons. The van der Waals surface area contributed by atoms with Crippen LogP contribution in [0.4, 0.5) is 0 Å². The number of hydrogen-bond acceptors (Lipinski definition) is 4. The van der Waals surface area contributed by atoms with Crippen LogP contribution < -0.4 is 4.74 Å². The molecule has 0 aromatic carbocycles. The monoisotopic (exact) mass is 345 g/mol. The molecule has 0 bridgehead atoms. The Hall–Kier alpha value is -1.62. The zero-order valence-electron chi connectivity index (χ0n) is 15.4. The van der Waals surface area contributed by atoms with E-state index in [4.69, 9.17) is 4.74 Å². The molecule has 5 heteroatoms. The van der Waals surface area contributed by atoms with Gasteiger partial charge in [-0.3, -0.25) is 14.7 Å². The topological polar surface area (TPSA) is 45.7 Å². The molecular weight excluding hydrogens is 314 g/mol. The fraction of sp³-hybridized carbons (Fsp3) is 0.700. The highest BCUT2D eigenvalue weighted by atomic mass is 16.5. The Morgan fingerprint density at radius 2 is 1.80 bits per heavy atom. The maximum Gasteiger partial charge on any atom is 0.222 e. The normalized spacial score (nSPS) is 20.6. The summed E-state index contributed by atoms with van der Waals surface area (Å²) in [6.07, 6.45) is 11.1. The molecule has 0 N–H and O–H groups in total. The van der Waals surface area contributed by atoms with Crippen LogP contribution in [-0.2, 0) is 4.79 Å². The molecule has 25 heavy (non-hydrogen) atoms. The first-order valence-corrected chi connectivity index (χ1v) is 9.84. The average molecular weight is 345 g/mol. The van der Waals surface area contributed by atoms with Crippen molar-refractivity contribution in [1.29, 1.82) is 0 Å².